The van der Waals surface area contributed by atoms with Crippen LogP contribution in [0.3, 0.4) is 0 Å². The first-order valence-electron chi connectivity index (χ1n) is 7.44. The molecule has 2 rings (SSSR count). The highest BCUT2D eigenvalue weighted by Crippen LogP contribution is 2.19. The first-order valence-corrected chi connectivity index (χ1v) is 7.44. The monoisotopic (exact) mass is 290 g/mol. The van der Waals surface area contributed by atoms with Crippen LogP contribution in [0, 0.1) is 0 Å². The lowest BCUT2D eigenvalue weighted by Gasteiger charge is -2.27. The van der Waals surface area contributed by atoms with Crippen LogP contribution in [-0.2, 0) is 16.0 Å². The van der Waals surface area contributed by atoms with Gasteiger partial charge in [0.25, 0.3) is 0 Å². The number of aryl methyl sites for hydroxylation is 1. The van der Waals surface area contributed by atoms with Gasteiger partial charge >= 0.3 is 5.97 Å². The minimum Gasteiger partial charge on any atom is -0.480 e. The van der Waals surface area contributed by atoms with E-state index in [4.69, 9.17) is 5.73 Å². The number of likely N-dealkylation sites (tertiary alicyclic amines) is 1. The van der Waals surface area contributed by atoms with Crippen molar-refractivity contribution in [2.75, 3.05) is 12.3 Å². The summed E-state index contributed by atoms with van der Waals surface area (Å²) < 4.78 is 0. The maximum Gasteiger partial charge on any atom is 0.326 e. The molecule has 1 aromatic rings. The van der Waals surface area contributed by atoms with Gasteiger partial charge in [-0.15, -0.1) is 0 Å². The summed E-state index contributed by atoms with van der Waals surface area (Å²) >= 11 is 0. The molecule has 1 saturated heterocycles. The molecule has 0 saturated carbocycles. The molecule has 1 aromatic carbocycles. The Labute approximate surface area is 124 Å². The molecule has 1 atom stereocenters. The van der Waals surface area contributed by atoms with Gasteiger partial charge < -0.3 is 15.7 Å². The van der Waals surface area contributed by atoms with Crippen LogP contribution >= 0.6 is 0 Å². The molecule has 1 unspecified atom stereocenters. The van der Waals surface area contributed by atoms with Gasteiger partial charge in [-0.05, 0) is 37.0 Å². The van der Waals surface area contributed by atoms with Crippen molar-refractivity contribution in [2.24, 2.45) is 0 Å². The summed E-state index contributed by atoms with van der Waals surface area (Å²) in [5, 5.41) is 9.29. The Balaban J connectivity index is 1.98. The van der Waals surface area contributed by atoms with Gasteiger partial charge in [-0.25, -0.2) is 4.79 Å². The van der Waals surface area contributed by atoms with Crippen molar-refractivity contribution < 1.29 is 14.7 Å². The summed E-state index contributed by atoms with van der Waals surface area (Å²) in [6.45, 7) is 0.548. The van der Waals surface area contributed by atoms with E-state index in [1.807, 2.05) is 18.2 Å². The third-order valence-corrected chi connectivity index (χ3v) is 3.94. The zero-order valence-electron chi connectivity index (χ0n) is 12.1. The van der Waals surface area contributed by atoms with Gasteiger partial charge in [0, 0.05) is 18.7 Å². The van der Waals surface area contributed by atoms with E-state index >= 15 is 0 Å². The third-order valence-electron chi connectivity index (χ3n) is 3.94. The zero-order valence-corrected chi connectivity index (χ0v) is 12.1. The fraction of sp³-hybridized carbons (Fsp3) is 0.500. The fourth-order valence-corrected chi connectivity index (χ4v) is 2.81. The van der Waals surface area contributed by atoms with E-state index in [2.05, 4.69) is 0 Å². The van der Waals surface area contributed by atoms with Crippen LogP contribution in [0.15, 0.2) is 24.3 Å². The van der Waals surface area contributed by atoms with Crippen LogP contribution in [0.1, 0.15) is 37.7 Å². The summed E-state index contributed by atoms with van der Waals surface area (Å²) in [7, 11) is 0. The van der Waals surface area contributed by atoms with E-state index in [1.165, 1.54) is 0 Å². The standard InChI is InChI=1S/C16H22N2O3/c17-13-6-4-5-12(11-13)8-9-15(19)18-10-3-1-2-7-14(18)16(20)21/h4-6,11,14H,1-3,7-10,17H2,(H,20,21). The lowest BCUT2D eigenvalue weighted by Crippen LogP contribution is -2.44. The average Bonchev–Trinajstić information content (AvgIpc) is 2.70. The molecule has 1 heterocycles. The van der Waals surface area contributed by atoms with Gasteiger partial charge in [0.05, 0.1) is 0 Å². The van der Waals surface area contributed by atoms with Crippen molar-refractivity contribution in [3.05, 3.63) is 29.8 Å². The van der Waals surface area contributed by atoms with Crippen LogP contribution in [0.4, 0.5) is 5.69 Å². The molecule has 0 spiro atoms. The van der Waals surface area contributed by atoms with Crippen molar-refractivity contribution in [3.8, 4) is 0 Å². The Hall–Kier alpha value is -2.04. The molecule has 0 radical (unpaired) electrons. The van der Waals surface area contributed by atoms with E-state index in [-0.39, 0.29) is 5.91 Å². The molecule has 0 aliphatic carbocycles. The molecule has 5 heteroatoms. The molecule has 1 fully saturated rings. The van der Waals surface area contributed by atoms with Crippen molar-refractivity contribution in [1.82, 2.24) is 4.90 Å². The summed E-state index contributed by atoms with van der Waals surface area (Å²) in [5.74, 6) is -0.971. The normalized spacial score (nSPS) is 19.0. The Morgan fingerprint density at radius 3 is 2.81 bits per heavy atom. The van der Waals surface area contributed by atoms with Gasteiger partial charge in [-0.3, -0.25) is 4.79 Å². The van der Waals surface area contributed by atoms with Crippen molar-refractivity contribution in [2.45, 2.75) is 44.6 Å². The number of nitrogens with two attached hydrogens (primary N) is 1. The smallest absolute Gasteiger partial charge is 0.326 e. The number of carboxylic acids is 1. The number of rotatable bonds is 4. The SMILES string of the molecule is Nc1cccc(CCC(=O)N2CCCCCC2C(=O)O)c1. The topological polar surface area (TPSA) is 83.6 Å². The minimum atomic E-state index is -0.894. The van der Waals surface area contributed by atoms with Crippen LogP contribution in [-0.4, -0.2) is 34.5 Å². The number of carbonyl (C=O) groups excluding carboxylic acids is 1. The van der Waals surface area contributed by atoms with Crippen LogP contribution < -0.4 is 5.73 Å². The average molecular weight is 290 g/mol. The number of anilines is 1. The van der Waals surface area contributed by atoms with Crippen molar-refractivity contribution >= 4 is 17.6 Å². The lowest BCUT2D eigenvalue weighted by molar-refractivity contribution is -0.150. The largest absolute Gasteiger partial charge is 0.480 e. The summed E-state index contributed by atoms with van der Waals surface area (Å²) in [6.07, 6.45) is 4.21. The molecule has 1 aliphatic rings. The van der Waals surface area contributed by atoms with E-state index < -0.39 is 12.0 Å². The van der Waals surface area contributed by atoms with Crippen molar-refractivity contribution in [3.63, 3.8) is 0 Å². The second-order valence-electron chi connectivity index (χ2n) is 5.54. The summed E-state index contributed by atoms with van der Waals surface area (Å²) in [5.41, 5.74) is 7.40. The summed E-state index contributed by atoms with van der Waals surface area (Å²) in [6, 6.07) is 6.79. The van der Waals surface area contributed by atoms with Gasteiger partial charge in [0.2, 0.25) is 5.91 Å². The van der Waals surface area contributed by atoms with Gasteiger partial charge in [-0.1, -0.05) is 25.0 Å². The molecule has 1 amide bonds. The Morgan fingerprint density at radius 2 is 2.10 bits per heavy atom. The maximum absolute atomic E-state index is 12.4. The molecule has 1 aliphatic heterocycles. The second kappa shape index (κ2) is 7.11. The minimum absolute atomic E-state index is 0.0771. The number of nitrogen functional groups attached to an aromatic ring is 1. The quantitative estimate of drug-likeness (QED) is 0.831. The highest BCUT2D eigenvalue weighted by Gasteiger charge is 2.30. The summed E-state index contributed by atoms with van der Waals surface area (Å²) in [4.78, 5) is 25.2. The highest BCUT2D eigenvalue weighted by atomic mass is 16.4. The van der Waals surface area contributed by atoms with E-state index in [9.17, 15) is 14.7 Å². The second-order valence-corrected chi connectivity index (χ2v) is 5.54. The predicted octanol–water partition coefficient (Wildman–Crippen LogP) is 2.06. The molecule has 3 N–H and O–H groups in total. The molecular weight excluding hydrogens is 268 g/mol. The number of amides is 1. The number of hydrogen-bond acceptors (Lipinski definition) is 3. The lowest BCUT2D eigenvalue weighted by atomic mass is 10.1. The highest BCUT2D eigenvalue weighted by molar-refractivity contribution is 5.83. The third kappa shape index (κ3) is 4.21. The number of nitrogens with zero attached hydrogens (tertiary/aromatic N) is 1. The zero-order chi connectivity index (χ0) is 15.2. The number of carboxylic acid groups (broad SMARTS) is 1. The van der Waals surface area contributed by atoms with Crippen LogP contribution in [0.2, 0.25) is 0 Å². The molecule has 0 aromatic heterocycles. The fourth-order valence-electron chi connectivity index (χ4n) is 2.81. The Bertz CT molecular complexity index is 516. The number of benzene rings is 1. The van der Waals surface area contributed by atoms with Crippen molar-refractivity contribution in [1.29, 1.82) is 0 Å². The maximum atomic E-state index is 12.4. The first kappa shape index (κ1) is 15.4. The van der Waals surface area contributed by atoms with Crippen LogP contribution in [0.25, 0.3) is 0 Å². The number of hydrogen-bond donors (Lipinski definition) is 2. The Kier molecular flexibility index (Phi) is 5.20. The van der Waals surface area contributed by atoms with Crippen LogP contribution in [0.5, 0.6) is 0 Å². The molecule has 0 bridgehead atoms. The van der Waals surface area contributed by atoms with E-state index in [0.29, 0.717) is 31.5 Å². The van der Waals surface area contributed by atoms with Gasteiger partial charge in [0.1, 0.15) is 6.04 Å². The molecule has 21 heavy (non-hydrogen) atoms. The Morgan fingerprint density at radius 1 is 1.29 bits per heavy atom. The first-order chi connectivity index (χ1) is 10.1. The number of carbonyl (C=O) groups is 2. The molecule has 5 nitrogen and oxygen atoms in total. The number of aliphatic carboxylic acids is 1. The van der Waals surface area contributed by atoms with E-state index in [1.54, 1.807) is 11.0 Å². The van der Waals surface area contributed by atoms with E-state index in [0.717, 1.165) is 24.8 Å². The molecule has 114 valence electrons. The predicted molar refractivity (Wildman–Crippen MR) is 80.8 cm³/mol. The van der Waals surface area contributed by atoms with Gasteiger partial charge in [-0.2, -0.15) is 0 Å². The van der Waals surface area contributed by atoms with Gasteiger partial charge in [0.15, 0.2) is 0 Å². The molecular formula is C16H22N2O3.